The largest absolute Gasteiger partial charge is 0.368 e. The van der Waals surface area contributed by atoms with Crippen LogP contribution in [-0.2, 0) is 4.79 Å². The van der Waals surface area contributed by atoms with Crippen molar-refractivity contribution in [3.8, 4) is 0 Å². The second-order valence-corrected chi connectivity index (χ2v) is 8.32. The predicted molar refractivity (Wildman–Crippen MR) is 123 cm³/mol. The van der Waals surface area contributed by atoms with Crippen molar-refractivity contribution in [2.75, 3.05) is 53.7 Å². The van der Waals surface area contributed by atoms with Gasteiger partial charge in [-0.15, -0.1) is 0 Å². The van der Waals surface area contributed by atoms with E-state index >= 15 is 0 Å². The van der Waals surface area contributed by atoms with Gasteiger partial charge in [-0.1, -0.05) is 11.8 Å². The maximum atomic E-state index is 13.2. The van der Waals surface area contributed by atoms with Gasteiger partial charge in [-0.2, -0.15) is 0 Å². The summed E-state index contributed by atoms with van der Waals surface area (Å²) in [6.45, 7) is 3.04. The minimum Gasteiger partial charge on any atom is -0.368 e. The third-order valence-corrected chi connectivity index (χ3v) is 6.29. The molecular formula is C23H23F2N5OS. The summed E-state index contributed by atoms with van der Waals surface area (Å²) < 4.78 is 26.3. The van der Waals surface area contributed by atoms with Crippen molar-refractivity contribution in [1.82, 2.24) is 9.97 Å². The van der Waals surface area contributed by atoms with Crippen molar-refractivity contribution in [2.24, 2.45) is 0 Å². The Morgan fingerprint density at radius 2 is 1.47 bits per heavy atom. The molecule has 1 fully saturated rings. The van der Waals surface area contributed by atoms with E-state index < -0.39 is 0 Å². The topological polar surface area (TPSA) is 52.6 Å². The van der Waals surface area contributed by atoms with Crippen LogP contribution in [0.2, 0.25) is 0 Å². The van der Waals surface area contributed by atoms with Gasteiger partial charge in [0.1, 0.15) is 16.7 Å². The number of rotatable bonds is 6. The quantitative estimate of drug-likeness (QED) is 0.527. The molecule has 4 rings (SSSR count). The zero-order valence-electron chi connectivity index (χ0n) is 17.6. The van der Waals surface area contributed by atoms with Gasteiger partial charge < -0.3 is 14.7 Å². The first-order valence-electron chi connectivity index (χ1n) is 10.2. The maximum absolute atomic E-state index is 13.2. The van der Waals surface area contributed by atoms with Crippen LogP contribution in [0.3, 0.4) is 0 Å². The van der Waals surface area contributed by atoms with Crippen molar-refractivity contribution < 1.29 is 13.6 Å². The van der Waals surface area contributed by atoms with Gasteiger partial charge >= 0.3 is 0 Å². The molecule has 166 valence electrons. The summed E-state index contributed by atoms with van der Waals surface area (Å²) >= 11 is 1.34. The molecule has 6 nitrogen and oxygen atoms in total. The average molecular weight is 456 g/mol. The monoisotopic (exact) mass is 455 g/mol. The lowest BCUT2D eigenvalue weighted by Gasteiger charge is -2.37. The van der Waals surface area contributed by atoms with Crippen LogP contribution in [0.1, 0.15) is 0 Å². The van der Waals surface area contributed by atoms with Crippen molar-refractivity contribution in [1.29, 1.82) is 0 Å². The van der Waals surface area contributed by atoms with Gasteiger partial charge in [-0.05, 0) is 48.5 Å². The van der Waals surface area contributed by atoms with Crippen LogP contribution in [0.25, 0.3) is 0 Å². The van der Waals surface area contributed by atoms with E-state index in [0.717, 1.165) is 37.7 Å². The number of carbonyl (C=O) groups is 1. The molecule has 9 heteroatoms. The molecule has 0 bridgehead atoms. The summed E-state index contributed by atoms with van der Waals surface area (Å²) in [5.74, 6) is 0.253. The van der Waals surface area contributed by atoms with Crippen LogP contribution in [0.5, 0.6) is 0 Å². The molecule has 0 atom stereocenters. The predicted octanol–water partition coefficient (Wildman–Crippen LogP) is 3.84. The SMILES string of the molecule is CN(C(=O)CSc1nccnc1N1CCN(c2ccc(F)cc2)CC1)c1ccc(F)cc1. The lowest BCUT2D eigenvalue weighted by molar-refractivity contribution is -0.115. The van der Waals surface area contributed by atoms with E-state index in [1.54, 1.807) is 43.7 Å². The molecule has 1 amide bonds. The Hall–Kier alpha value is -3.20. The van der Waals surface area contributed by atoms with Gasteiger partial charge in [0.25, 0.3) is 0 Å². The minimum atomic E-state index is -0.340. The smallest absolute Gasteiger partial charge is 0.237 e. The Balaban J connectivity index is 1.37. The lowest BCUT2D eigenvalue weighted by Crippen LogP contribution is -2.47. The van der Waals surface area contributed by atoms with E-state index in [1.807, 2.05) is 0 Å². The molecule has 2 aromatic carbocycles. The highest BCUT2D eigenvalue weighted by molar-refractivity contribution is 8.00. The fraction of sp³-hybridized carbons (Fsp3) is 0.261. The molecule has 0 unspecified atom stereocenters. The van der Waals surface area contributed by atoms with Crippen molar-refractivity contribution in [3.63, 3.8) is 0 Å². The number of anilines is 3. The number of nitrogens with zero attached hydrogens (tertiary/aromatic N) is 5. The van der Waals surface area contributed by atoms with Crippen LogP contribution in [0.4, 0.5) is 26.0 Å². The molecule has 1 aromatic heterocycles. The fourth-order valence-corrected chi connectivity index (χ4v) is 4.40. The molecule has 2 heterocycles. The van der Waals surface area contributed by atoms with Crippen LogP contribution in [0, 0.1) is 11.6 Å². The molecule has 0 aliphatic carbocycles. The van der Waals surface area contributed by atoms with Crippen LogP contribution in [0.15, 0.2) is 66.0 Å². The number of carbonyl (C=O) groups excluding carboxylic acids is 1. The van der Waals surface area contributed by atoms with Crippen LogP contribution >= 0.6 is 11.8 Å². The molecular weight excluding hydrogens is 432 g/mol. The second kappa shape index (κ2) is 9.95. The molecule has 0 saturated carbocycles. The summed E-state index contributed by atoms with van der Waals surface area (Å²) in [5, 5.41) is 0.698. The Labute approximate surface area is 189 Å². The summed E-state index contributed by atoms with van der Waals surface area (Å²) in [6.07, 6.45) is 3.27. The Bertz CT molecular complexity index is 1060. The zero-order chi connectivity index (χ0) is 22.5. The fourth-order valence-electron chi connectivity index (χ4n) is 3.50. The number of hydrogen-bond donors (Lipinski definition) is 0. The number of piperazine rings is 1. The molecule has 32 heavy (non-hydrogen) atoms. The molecule has 1 aliphatic rings. The van der Waals surface area contributed by atoms with Crippen LogP contribution < -0.4 is 14.7 Å². The average Bonchev–Trinajstić information content (AvgIpc) is 2.83. The Kier molecular flexibility index (Phi) is 6.84. The molecule has 0 N–H and O–H groups in total. The van der Waals surface area contributed by atoms with E-state index in [1.165, 1.54) is 40.9 Å². The van der Waals surface area contributed by atoms with Gasteiger partial charge in [0.05, 0.1) is 5.75 Å². The van der Waals surface area contributed by atoms with Crippen molar-refractivity contribution >= 4 is 34.9 Å². The van der Waals surface area contributed by atoms with Crippen LogP contribution in [-0.4, -0.2) is 54.9 Å². The van der Waals surface area contributed by atoms with E-state index in [-0.39, 0.29) is 23.3 Å². The number of amides is 1. The second-order valence-electron chi connectivity index (χ2n) is 7.35. The van der Waals surface area contributed by atoms with E-state index in [4.69, 9.17) is 0 Å². The van der Waals surface area contributed by atoms with Crippen molar-refractivity contribution in [2.45, 2.75) is 5.03 Å². The van der Waals surface area contributed by atoms with Gasteiger partial charge in [0.15, 0.2) is 5.82 Å². The van der Waals surface area contributed by atoms with Crippen molar-refractivity contribution in [3.05, 3.63) is 72.6 Å². The van der Waals surface area contributed by atoms with Gasteiger partial charge in [-0.25, -0.2) is 18.7 Å². The number of aromatic nitrogens is 2. The first-order valence-corrected chi connectivity index (χ1v) is 11.2. The van der Waals surface area contributed by atoms with E-state index in [9.17, 15) is 13.6 Å². The molecule has 1 saturated heterocycles. The number of hydrogen-bond acceptors (Lipinski definition) is 6. The number of thioether (sulfide) groups is 1. The lowest BCUT2D eigenvalue weighted by atomic mass is 10.2. The summed E-state index contributed by atoms with van der Waals surface area (Å²) in [4.78, 5) is 27.4. The summed E-state index contributed by atoms with van der Waals surface area (Å²) in [5.41, 5.74) is 1.63. The highest BCUT2D eigenvalue weighted by Crippen LogP contribution is 2.28. The minimum absolute atomic E-state index is 0.112. The number of benzene rings is 2. The molecule has 1 aliphatic heterocycles. The molecule has 0 spiro atoms. The maximum Gasteiger partial charge on any atom is 0.237 e. The summed E-state index contributed by atoms with van der Waals surface area (Å²) in [6, 6.07) is 12.3. The Morgan fingerprint density at radius 3 is 2.12 bits per heavy atom. The first kappa shape index (κ1) is 22.0. The molecule has 3 aromatic rings. The third kappa shape index (κ3) is 5.16. The van der Waals surface area contributed by atoms with Gasteiger partial charge in [-0.3, -0.25) is 4.79 Å². The standard InChI is InChI=1S/C23H23F2N5OS/c1-28(19-6-2-17(24)3-7-19)21(31)16-32-23-22(26-10-11-27-23)30-14-12-29(13-15-30)20-8-4-18(25)5-9-20/h2-11H,12-16H2,1H3. The zero-order valence-corrected chi connectivity index (χ0v) is 18.4. The highest BCUT2D eigenvalue weighted by atomic mass is 32.2. The summed E-state index contributed by atoms with van der Waals surface area (Å²) in [7, 11) is 1.67. The van der Waals surface area contributed by atoms with E-state index in [0.29, 0.717) is 10.7 Å². The normalized spacial score (nSPS) is 13.8. The third-order valence-electron chi connectivity index (χ3n) is 5.34. The van der Waals surface area contributed by atoms with Gasteiger partial charge in [0, 0.05) is 57.0 Å². The Morgan fingerprint density at radius 1 is 0.906 bits per heavy atom. The first-order chi connectivity index (χ1) is 15.5. The molecule has 0 radical (unpaired) electrons. The van der Waals surface area contributed by atoms with Gasteiger partial charge in [0.2, 0.25) is 5.91 Å². The number of halogens is 2. The van der Waals surface area contributed by atoms with E-state index in [2.05, 4.69) is 19.8 Å². The highest BCUT2D eigenvalue weighted by Gasteiger charge is 2.22.